The fourth-order valence-corrected chi connectivity index (χ4v) is 3.44. The molecular weight excluding hydrogens is 342 g/mol. The van der Waals surface area contributed by atoms with Crippen LogP contribution in [0.3, 0.4) is 0 Å². The molecule has 0 bridgehead atoms. The van der Waals surface area contributed by atoms with Crippen LogP contribution in [0.15, 0.2) is 29.6 Å². The van der Waals surface area contributed by atoms with Crippen LogP contribution in [0.25, 0.3) is 0 Å². The summed E-state index contributed by atoms with van der Waals surface area (Å²) in [7, 11) is 0. The Morgan fingerprint density at radius 1 is 1.17 bits per heavy atom. The van der Waals surface area contributed by atoms with Gasteiger partial charge in [-0.15, -0.1) is 22.7 Å². The number of ether oxygens (including phenoxy) is 1. The molecule has 3 aromatic rings. The normalized spacial score (nSPS) is 10.6. The molecule has 0 saturated carbocycles. The van der Waals surface area contributed by atoms with Crippen molar-refractivity contribution >= 4 is 33.7 Å². The second-order valence-corrected chi connectivity index (χ2v) is 7.49. The average Bonchev–Trinajstić information content (AvgIpc) is 3.14. The summed E-state index contributed by atoms with van der Waals surface area (Å²) in [5.41, 5.74) is 2.50. The van der Waals surface area contributed by atoms with Crippen LogP contribution in [0.2, 0.25) is 0 Å². The summed E-state index contributed by atoms with van der Waals surface area (Å²) in [5.74, 6) is 0.539. The zero-order chi connectivity index (χ0) is 17.1. The molecule has 3 rings (SSSR count). The van der Waals surface area contributed by atoms with Gasteiger partial charge in [-0.05, 0) is 32.9 Å². The number of nitrogens with one attached hydrogen (secondary N) is 1. The van der Waals surface area contributed by atoms with E-state index >= 15 is 0 Å². The molecule has 7 heteroatoms. The van der Waals surface area contributed by atoms with E-state index in [1.807, 2.05) is 45.0 Å². The summed E-state index contributed by atoms with van der Waals surface area (Å²) in [6, 6.07) is 7.83. The Morgan fingerprint density at radius 3 is 2.58 bits per heavy atom. The van der Waals surface area contributed by atoms with E-state index in [1.165, 1.54) is 28.2 Å². The lowest BCUT2D eigenvalue weighted by Gasteiger charge is -2.03. The number of aromatic nitrogens is 2. The Hall–Kier alpha value is -2.25. The number of thiazole rings is 2. The minimum atomic E-state index is -0.249. The first-order valence-electron chi connectivity index (χ1n) is 7.40. The van der Waals surface area contributed by atoms with E-state index in [-0.39, 0.29) is 5.91 Å². The van der Waals surface area contributed by atoms with Crippen LogP contribution in [-0.2, 0) is 6.61 Å². The number of hydrogen-bond donors (Lipinski definition) is 1. The Balaban J connectivity index is 1.60. The van der Waals surface area contributed by atoms with Gasteiger partial charge in [-0.25, -0.2) is 9.97 Å². The first-order chi connectivity index (χ1) is 11.5. The van der Waals surface area contributed by atoms with E-state index in [0.29, 0.717) is 17.4 Å². The van der Waals surface area contributed by atoms with Gasteiger partial charge >= 0.3 is 0 Å². The molecular formula is C17H17N3O2S2. The molecule has 2 heterocycles. The van der Waals surface area contributed by atoms with Crippen LogP contribution in [0.4, 0.5) is 5.13 Å². The van der Waals surface area contributed by atoms with Crippen molar-refractivity contribution in [3.8, 4) is 5.75 Å². The predicted molar refractivity (Wildman–Crippen MR) is 97.2 cm³/mol. The van der Waals surface area contributed by atoms with E-state index in [0.717, 1.165) is 21.3 Å². The molecule has 2 aromatic heterocycles. The molecule has 0 aliphatic carbocycles. The van der Waals surface area contributed by atoms with Gasteiger partial charge in [0.2, 0.25) is 0 Å². The minimum absolute atomic E-state index is 0.249. The summed E-state index contributed by atoms with van der Waals surface area (Å²) in [6.45, 7) is 6.27. The lowest BCUT2D eigenvalue weighted by atomic mass is 10.2. The lowest BCUT2D eigenvalue weighted by molar-refractivity contribution is 0.102. The van der Waals surface area contributed by atoms with Gasteiger partial charge < -0.3 is 4.74 Å². The van der Waals surface area contributed by atoms with Crippen LogP contribution >= 0.6 is 22.7 Å². The van der Waals surface area contributed by atoms with E-state index in [9.17, 15) is 4.79 Å². The first-order valence-corrected chi connectivity index (χ1v) is 9.10. The average molecular weight is 359 g/mol. The van der Waals surface area contributed by atoms with Gasteiger partial charge in [0, 0.05) is 10.3 Å². The number of benzene rings is 1. The fourth-order valence-electron chi connectivity index (χ4n) is 1.95. The highest BCUT2D eigenvalue weighted by atomic mass is 32.1. The minimum Gasteiger partial charge on any atom is -0.486 e. The largest absolute Gasteiger partial charge is 0.486 e. The lowest BCUT2D eigenvalue weighted by Crippen LogP contribution is -2.12. The molecule has 5 nitrogen and oxygen atoms in total. The van der Waals surface area contributed by atoms with Crippen LogP contribution in [0.5, 0.6) is 5.75 Å². The number of rotatable bonds is 5. The monoisotopic (exact) mass is 359 g/mol. The number of hydrogen-bond acceptors (Lipinski definition) is 6. The van der Waals surface area contributed by atoms with E-state index in [4.69, 9.17) is 4.74 Å². The van der Waals surface area contributed by atoms with Gasteiger partial charge in [-0.3, -0.25) is 10.1 Å². The summed E-state index contributed by atoms with van der Waals surface area (Å²) < 4.78 is 5.68. The van der Waals surface area contributed by atoms with Crippen LogP contribution < -0.4 is 10.1 Å². The highest BCUT2D eigenvalue weighted by Crippen LogP contribution is 2.22. The molecule has 0 aliphatic heterocycles. The first kappa shape index (κ1) is 16.6. The maximum Gasteiger partial charge on any atom is 0.276 e. The molecule has 0 unspecified atom stereocenters. The van der Waals surface area contributed by atoms with E-state index in [2.05, 4.69) is 15.3 Å². The van der Waals surface area contributed by atoms with Crippen LogP contribution in [0, 0.1) is 20.8 Å². The third kappa shape index (κ3) is 3.98. The van der Waals surface area contributed by atoms with Gasteiger partial charge in [0.1, 0.15) is 23.1 Å². The quantitative estimate of drug-likeness (QED) is 0.735. The zero-order valence-electron chi connectivity index (χ0n) is 13.6. The van der Waals surface area contributed by atoms with Gasteiger partial charge in [0.15, 0.2) is 5.13 Å². The topological polar surface area (TPSA) is 64.1 Å². The smallest absolute Gasteiger partial charge is 0.276 e. The highest BCUT2D eigenvalue weighted by Gasteiger charge is 2.14. The van der Waals surface area contributed by atoms with Crippen molar-refractivity contribution in [1.29, 1.82) is 0 Å². The second kappa shape index (κ2) is 7.11. The maximum atomic E-state index is 12.2. The molecule has 0 atom stereocenters. The molecule has 1 amide bonds. The maximum absolute atomic E-state index is 12.2. The molecule has 0 fully saturated rings. The number of nitrogens with zero attached hydrogens (tertiary/aromatic N) is 2. The number of carbonyl (C=O) groups is 1. The van der Waals surface area contributed by atoms with Gasteiger partial charge in [0.05, 0.1) is 5.69 Å². The molecule has 124 valence electrons. The van der Waals surface area contributed by atoms with Gasteiger partial charge in [-0.1, -0.05) is 17.7 Å². The summed E-state index contributed by atoms with van der Waals surface area (Å²) in [4.78, 5) is 21.9. The van der Waals surface area contributed by atoms with Crippen molar-refractivity contribution in [2.24, 2.45) is 0 Å². The van der Waals surface area contributed by atoms with Crippen molar-refractivity contribution < 1.29 is 9.53 Å². The van der Waals surface area contributed by atoms with Crippen molar-refractivity contribution in [2.45, 2.75) is 27.4 Å². The summed E-state index contributed by atoms with van der Waals surface area (Å²) in [5, 5.41) is 5.87. The molecule has 0 saturated heterocycles. The second-order valence-electron chi connectivity index (χ2n) is 5.34. The van der Waals surface area contributed by atoms with Crippen LogP contribution in [0.1, 0.15) is 31.6 Å². The molecule has 0 aliphatic rings. The van der Waals surface area contributed by atoms with Gasteiger partial charge in [-0.2, -0.15) is 0 Å². The molecule has 1 aromatic carbocycles. The number of anilines is 1. The molecule has 1 N–H and O–H groups in total. The van der Waals surface area contributed by atoms with Crippen molar-refractivity contribution in [2.75, 3.05) is 5.32 Å². The predicted octanol–water partition coefficient (Wildman–Crippen LogP) is 4.36. The Labute approximate surface area is 148 Å². The zero-order valence-corrected chi connectivity index (χ0v) is 15.3. The third-order valence-corrected chi connectivity index (χ3v) is 5.23. The standard InChI is InChI=1S/C17H17N3O2S2/c1-10-4-6-13(7-5-10)22-8-15-19-14(9-23-15)16(21)20-17-18-11(2)12(3)24-17/h4-7,9H,8H2,1-3H3,(H,18,20,21). The summed E-state index contributed by atoms with van der Waals surface area (Å²) in [6.07, 6.45) is 0. The van der Waals surface area contributed by atoms with Gasteiger partial charge in [0.25, 0.3) is 5.91 Å². The fraction of sp³-hybridized carbons (Fsp3) is 0.235. The highest BCUT2D eigenvalue weighted by molar-refractivity contribution is 7.15. The van der Waals surface area contributed by atoms with E-state index in [1.54, 1.807) is 5.38 Å². The molecule has 24 heavy (non-hydrogen) atoms. The van der Waals surface area contributed by atoms with E-state index < -0.39 is 0 Å². The number of aryl methyl sites for hydroxylation is 3. The summed E-state index contributed by atoms with van der Waals surface area (Å²) >= 11 is 2.87. The third-order valence-electron chi connectivity index (χ3n) is 3.42. The van der Waals surface area contributed by atoms with Crippen molar-refractivity contribution in [3.05, 3.63) is 56.5 Å². The Bertz CT molecular complexity index is 834. The number of carbonyl (C=O) groups excluding carboxylic acids is 1. The van der Waals surface area contributed by atoms with Crippen molar-refractivity contribution in [3.63, 3.8) is 0 Å². The van der Waals surface area contributed by atoms with Crippen molar-refractivity contribution in [1.82, 2.24) is 9.97 Å². The SMILES string of the molecule is Cc1ccc(OCc2nc(C(=O)Nc3nc(C)c(C)s3)cs2)cc1. The molecule has 0 spiro atoms. The molecule has 0 radical (unpaired) electrons. The Kier molecular flexibility index (Phi) is 4.92. The van der Waals surface area contributed by atoms with Crippen LogP contribution in [-0.4, -0.2) is 15.9 Å². The Morgan fingerprint density at radius 2 is 1.92 bits per heavy atom. The number of amides is 1.